The molecule has 2 atom stereocenters. The van der Waals surface area contributed by atoms with E-state index >= 15 is 0 Å². The molecule has 0 aliphatic rings. The summed E-state index contributed by atoms with van der Waals surface area (Å²) in [5, 5.41) is 10.3. The zero-order valence-electron chi connectivity index (χ0n) is 15.8. The molecule has 0 aromatic heterocycles. The van der Waals surface area contributed by atoms with Gasteiger partial charge in [0.25, 0.3) is 0 Å². The highest BCUT2D eigenvalue weighted by atomic mass is 28.4. The number of hydrogen-bond donors (Lipinski definition) is 1. The molecular weight excluding hydrogens is 288 g/mol. The van der Waals surface area contributed by atoms with E-state index in [0.717, 1.165) is 5.57 Å². The average molecular weight is 325 g/mol. The standard InChI is InChI=1S/C19H36O2Si/c1-10-17(9)12-18(19(20)11-2)13-21-22(14(3)4,15(5)6)16(7)8/h1,12,14-16,18-20H,11,13H2,2-9H3/b17-12+/t18-,19+/m0/s1. The molecule has 1 N–H and O–H groups in total. The van der Waals surface area contributed by atoms with Gasteiger partial charge in [0.2, 0.25) is 0 Å². The molecule has 22 heavy (non-hydrogen) atoms. The topological polar surface area (TPSA) is 29.5 Å². The molecule has 0 saturated carbocycles. The second kappa shape index (κ2) is 9.55. The van der Waals surface area contributed by atoms with E-state index in [0.29, 0.717) is 29.7 Å². The first kappa shape index (κ1) is 21.4. The molecule has 0 rings (SSSR count). The Morgan fingerprint density at radius 2 is 1.59 bits per heavy atom. The van der Waals surface area contributed by atoms with Crippen molar-refractivity contribution in [1.29, 1.82) is 0 Å². The minimum atomic E-state index is -1.90. The summed E-state index contributed by atoms with van der Waals surface area (Å²) in [5.74, 6) is 2.62. The molecule has 0 heterocycles. The fourth-order valence-electron chi connectivity index (χ4n) is 3.68. The second-order valence-corrected chi connectivity index (χ2v) is 12.7. The largest absolute Gasteiger partial charge is 0.415 e. The van der Waals surface area contributed by atoms with Crippen LogP contribution in [-0.2, 0) is 4.43 Å². The first-order valence-electron chi connectivity index (χ1n) is 8.60. The normalized spacial score (nSPS) is 16.2. The average Bonchev–Trinajstić information content (AvgIpc) is 2.44. The maximum Gasteiger partial charge on any atom is 0.200 e. The second-order valence-electron chi connectivity index (χ2n) is 7.26. The van der Waals surface area contributed by atoms with Crippen molar-refractivity contribution in [2.45, 2.75) is 84.5 Å². The minimum absolute atomic E-state index is 0.0239. The summed E-state index contributed by atoms with van der Waals surface area (Å²) in [6.45, 7) is 18.1. The molecule has 2 nitrogen and oxygen atoms in total. The van der Waals surface area contributed by atoms with Crippen LogP contribution in [0.1, 0.15) is 61.8 Å². The molecule has 0 aliphatic heterocycles. The maximum absolute atomic E-state index is 10.3. The summed E-state index contributed by atoms with van der Waals surface area (Å²) in [6, 6.07) is 0. The van der Waals surface area contributed by atoms with E-state index in [-0.39, 0.29) is 5.92 Å². The van der Waals surface area contributed by atoms with Gasteiger partial charge in [-0.05, 0) is 35.5 Å². The predicted octanol–water partition coefficient (Wildman–Crippen LogP) is 5.15. The van der Waals surface area contributed by atoms with Gasteiger partial charge in [-0.25, -0.2) is 0 Å². The van der Waals surface area contributed by atoms with Crippen LogP contribution >= 0.6 is 0 Å². The van der Waals surface area contributed by atoms with Crippen molar-refractivity contribution in [1.82, 2.24) is 0 Å². The van der Waals surface area contributed by atoms with Crippen LogP contribution in [0.5, 0.6) is 0 Å². The molecule has 0 amide bonds. The molecule has 3 heteroatoms. The van der Waals surface area contributed by atoms with E-state index in [4.69, 9.17) is 10.8 Å². The summed E-state index contributed by atoms with van der Waals surface area (Å²) >= 11 is 0. The van der Waals surface area contributed by atoms with Gasteiger partial charge in [-0.3, -0.25) is 0 Å². The zero-order chi connectivity index (χ0) is 17.5. The Morgan fingerprint density at radius 1 is 1.14 bits per heavy atom. The van der Waals surface area contributed by atoms with E-state index in [1.54, 1.807) is 0 Å². The molecule has 0 fully saturated rings. The first-order valence-corrected chi connectivity index (χ1v) is 10.7. The van der Waals surface area contributed by atoms with Gasteiger partial charge in [0, 0.05) is 12.5 Å². The van der Waals surface area contributed by atoms with Gasteiger partial charge in [0.15, 0.2) is 8.32 Å². The number of allylic oxidation sites excluding steroid dienone is 1. The van der Waals surface area contributed by atoms with E-state index in [1.807, 2.05) is 19.9 Å². The fraction of sp³-hybridized carbons (Fsp3) is 0.789. The smallest absolute Gasteiger partial charge is 0.200 e. The molecule has 0 radical (unpaired) electrons. The molecule has 0 spiro atoms. The van der Waals surface area contributed by atoms with Crippen LogP contribution in [0.3, 0.4) is 0 Å². The van der Waals surface area contributed by atoms with Crippen LogP contribution in [0.4, 0.5) is 0 Å². The van der Waals surface area contributed by atoms with Gasteiger partial charge in [-0.15, -0.1) is 6.42 Å². The van der Waals surface area contributed by atoms with Crippen LogP contribution < -0.4 is 0 Å². The lowest BCUT2D eigenvalue weighted by Crippen LogP contribution is -2.49. The number of aliphatic hydroxyl groups excluding tert-OH is 1. The van der Waals surface area contributed by atoms with Gasteiger partial charge < -0.3 is 9.53 Å². The van der Waals surface area contributed by atoms with Crippen LogP contribution in [0, 0.1) is 18.3 Å². The quantitative estimate of drug-likeness (QED) is 0.470. The Kier molecular flexibility index (Phi) is 9.30. The van der Waals surface area contributed by atoms with Crippen molar-refractivity contribution in [2.24, 2.45) is 5.92 Å². The van der Waals surface area contributed by atoms with E-state index in [9.17, 15) is 5.11 Å². The number of hydrogen-bond acceptors (Lipinski definition) is 2. The van der Waals surface area contributed by atoms with Gasteiger partial charge in [0.1, 0.15) is 0 Å². The van der Waals surface area contributed by atoms with Crippen molar-refractivity contribution >= 4 is 8.32 Å². The molecule has 0 aliphatic carbocycles. The monoisotopic (exact) mass is 324 g/mol. The third-order valence-corrected chi connectivity index (χ3v) is 10.9. The van der Waals surface area contributed by atoms with Crippen molar-refractivity contribution in [3.63, 3.8) is 0 Å². The summed E-state index contributed by atoms with van der Waals surface area (Å²) in [4.78, 5) is 0. The zero-order valence-corrected chi connectivity index (χ0v) is 16.8. The Bertz CT molecular complexity index is 369. The minimum Gasteiger partial charge on any atom is -0.415 e. The summed E-state index contributed by atoms with van der Waals surface area (Å²) in [7, 11) is -1.90. The summed E-state index contributed by atoms with van der Waals surface area (Å²) < 4.78 is 6.61. The lowest BCUT2D eigenvalue weighted by molar-refractivity contribution is 0.0898. The summed E-state index contributed by atoms with van der Waals surface area (Å²) in [6.07, 6.45) is 7.76. The number of aliphatic hydroxyl groups is 1. The van der Waals surface area contributed by atoms with Crippen LogP contribution in [0.15, 0.2) is 11.6 Å². The Balaban J connectivity index is 5.34. The lowest BCUT2D eigenvalue weighted by Gasteiger charge is -2.43. The van der Waals surface area contributed by atoms with Crippen molar-refractivity contribution in [3.05, 3.63) is 11.6 Å². The van der Waals surface area contributed by atoms with Gasteiger partial charge in [-0.2, -0.15) is 0 Å². The van der Waals surface area contributed by atoms with E-state index in [1.165, 1.54) is 0 Å². The van der Waals surface area contributed by atoms with Gasteiger partial charge in [0.05, 0.1) is 6.10 Å². The highest BCUT2D eigenvalue weighted by Gasteiger charge is 2.45. The molecular formula is C19H36O2Si. The number of terminal acetylenes is 1. The molecule has 0 unspecified atom stereocenters. The Hall–Kier alpha value is -0.563. The lowest BCUT2D eigenvalue weighted by atomic mass is 9.99. The van der Waals surface area contributed by atoms with Gasteiger partial charge >= 0.3 is 0 Å². The van der Waals surface area contributed by atoms with Crippen molar-refractivity contribution < 1.29 is 9.53 Å². The molecule has 0 saturated heterocycles. The predicted molar refractivity (Wildman–Crippen MR) is 99.4 cm³/mol. The number of rotatable bonds is 9. The highest BCUT2D eigenvalue weighted by molar-refractivity contribution is 6.77. The van der Waals surface area contributed by atoms with Gasteiger partial charge in [-0.1, -0.05) is 60.5 Å². The third-order valence-electron chi connectivity index (χ3n) is 4.84. The van der Waals surface area contributed by atoms with Crippen LogP contribution in [0.2, 0.25) is 16.6 Å². The Morgan fingerprint density at radius 3 is 1.91 bits per heavy atom. The molecule has 0 aromatic rings. The van der Waals surface area contributed by atoms with Crippen molar-refractivity contribution in [3.8, 4) is 12.3 Å². The summed E-state index contributed by atoms with van der Waals surface area (Å²) in [5.41, 5.74) is 2.51. The molecule has 0 bridgehead atoms. The third kappa shape index (κ3) is 5.26. The SMILES string of the molecule is C#C/C(C)=C/[C@@H](CO[Si](C(C)C)(C(C)C)C(C)C)[C@H](O)CC. The van der Waals surface area contributed by atoms with E-state index < -0.39 is 14.4 Å². The molecule has 128 valence electrons. The fourth-order valence-corrected chi connectivity index (χ4v) is 9.16. The highest BCUT2D eigenvalue weighted by Crippen LogP contribution is 2.42. The van der Waals surface area contributed by atoms with Crippen LogP contribution in [0.25, 0.3) is 0 Å². The first-order chi connectivity index (χ1) is 10.1. The molecule has 0 aromatic carbocycles. The van der Waals surface area contributed by atoms with Crippen LogP contribution in [-0.4, -0.2) is 26.1 Å². The van der Waals surface area contributed by atoms with Crippen molar-refractivity contribution in [2.75, 3.05) is 6.61 Å². The maximum atomic E-state index is 10.3. The van der Waals surface area contributed by atoms with E-state index in [2.05, 4.69) is 47.5 Å². The Labute approximate surface area is 139 Å².